The van der Waals surface area contributed by atoms with E-state index >= 15 is 0 Å². The fourth-order valence-electron chi connectivity index (χ4n) is 3.61. The highest BCUT2D eigenvalue weighted by Crippen LogP contribution is 2.55. The molecular weight excluding hydrogens is 359 g/mol. The Balaban J connectivity index is 1.76. The van der Waals surface area contributed by atoms with Gasteiger partial charge in [-0.2, -0.15) is 0 Å². The van der Waals surface area contributed by atoms with Gasteiger partial charge in [-0.3, -0.25) is 0 Å². The minimum Gasteiger partial charge on any atom is -0.489 e. The molecule has 0 aliphatic heterocycles. The Morgan fingerprint density at radius 2 is 1.85 bits per heavy atom. The van der Waals surface area contributed by atoms with Crippen LogP contribution in [0.2, 0.25) is 5.02 Å². The van der Waals surface area contributed by atoms with Gasteiger partial charge in [0.05, 0.1) is 4.47 Å². The third-order valence-corrected chi connectivity index (χ3v) is 6.35. The predicted molar refractivity (Wildman–Crippen MR) is 88.0 cm³/mol. The van der Waals surface area contributed by atoms with Crippen molar-refractivity contribution in [2.24, 2.45) is 5.41 Å². The fourth-order valence-corrected chi connectivity index (χ4v) is 4.91. The number of hydrogen-bond acceptors (Lipinski definition) is 1. The van der Waals surface area contributed by atoms with Crippen molar-refractivity contribution < 1.29 is 4.74 Å². The van der Waals surface area contributed by atoms with Gasteiger partial charge in [0.25, 0.3) is 0 Å². The second kappa shape index (κ2) is 6.06. The summed E-state index contributed by atoms with van der Waals surface area (Å²) in [7, 11) is 0. The summed E-state index contributed by atoms with van der Waals surface area (Å²) in [6.07, 6.45) is 8.85. The average Bonchev–Trinajstić information content (AvgIpc) is 2.69. The van der Waals surface area contributed by atoms with Crippen LogP contribution in [0, 0.1) is 5.41 Å². The van der Waals surface area contributed by atoms with Gasteiger partial charge in [0.15, 0.2) is 0 Å². The molecule has 2 unspecified atom stereocenters. The first-order chi connectivity index (χ1) is 9.62. The van der Waals surface area contributed by atoms with E-state index in [1.807, 2.05) is 18.2 Å². The van der Waals surface area contributed by atoms with Gasteiger partial charge in [0, 0.05) is 22.2 Å². The number of alkyl halides is 1. The average molecular weight is 378 g/mol. The Labute approximate surface area is 139 Å². The maximum Gasteiger partial charge on any atom is 0.134 e. The van der Waals surface area contributed by atoms with Gasteiger partial charge in [-0.15, -0.1) is 11.6 Å². The standard InChI is InChI=1S/C16H19BrCl2O/c17-12-9-11(18)5-6-13(12)20-15-10-14(19)16(15)7-3-1-2-4-8-16/h5-6,9,14-15H,1-4,7-8,10H2. The van der Waals surface area contributed by atoms with Crippen LogP contribution in [0.25, 0.3) is 0 Å². The Hall–Kier alpha value is 0.0800. The molecular formula is C16H19BrCl2O. The summed E-state index contributed by atoms with van der Waals surface area (Å²) in [4.78, 5) is 0. The molecule has 0 aromatic heterocycles. The molecule has 2 fully saturated rings. The van der Waals surface area contributed by atoms with Crippen molar-refractivity contribution >= 4 is 39.1 Å². The summed E-state index contributed by atoms with van der Waals surface area (Å²) in [5, 5.41) is 0.994. The van der Waals surface area contributed by atoms with Crippen molar-refractivity contribution in [3.63, 3.8) is 0 Å². The molecule has 3 rings (SSSR count). The van der Waals surface area contributed by atoms with Crippen LogP contribution in [0.5, 0.6) is 5.75 Å². The SMILES string of the molecule is Clc1ccc(OC2CC(Cl)C23CCCCCC3)c(Br)c1. The zero-order valence-corrected chi connectivity index (χ0v) is 14.5. The van der Waals surface area contributed by atoms with Gasteiger partial charge in [-0.05, 0) is 47.0 Å². The smallest absolute Gasteiger partial charge is 0.134 e. The van der Waals surface area contributed by atoms with Gasteiger partial charge >= 0.3 is 0 Å². The van der Waals surface area contributed by atoms with E-state index in [4.69, 9.17) is 27.9 Å². The van der Waals surface area contributed by atoms with E-state index in [1.165, 1.54) is 38.5 Å². The molecule has 1 spiro atoms. The zero-order chi connectivity index (χ0) is 14.2. The summed E-state index contributed by atoms with van der Waals surface area (Å²) >= 11 is 16.1. The summed E-state index contributed by atoms with van der Waals surface area (Å²) in [6.45, 7) is 0. The molecule has 1 nitrogen and oxygen atoms in total. The summed E-state index contributed by atoms with van der Waals surface area (Å²) in [6, 6.07) is 5.70. The Morgan fingerprint density at radius 1 is 1.15 bits per heavy atom. The van der Waals surface area contributed by atoms with E-state index in [2.05, 4.69) is 15.9 Å². The molecule has 2 aliphatic rings. The lowest BCUT2D eigenvalue weighted by Gasteiger charge is -2.53. The van der Waals surface area contributed by atoms with E-state index in [0.29, 0.717) is 0 Å². The molecule has 110 valence electrons. The van der Waals surface area contributed by atoms with Gasteiger partial charge < -0.3 is 4.74 Å². The molecule has 0 saturated heterocycles. The Morgan fingerprint density at radius 3 is 2.45 bits per heavy atom. The topological polar surface area (TPSA) is 9.23 Å². The lowest BCUT2D eigenvalue weighted by Crippen LogP contribution is -2.57. The molecule has 4 heteroatoms. The number of rotatable bonds is 2. The molecule has 2 saturated carbocycles. The minimum atomic E-state index is 0.192. The molecule has 0 amide bonds. The van der Waals surface area contributed by atoms with Crippen LogP contribution in [-0.2, 0) is 0 Å². The summed E-state index contributed by atoms with van der Waals surface area (Å²) < 4.78 is 7.19. The van der Waals surface area contributed by atoms with E-state index in [0.717, 1.165) is 21.7 Å². The van der Waals surface area contributed by atoms with Crippen molar-refractivity contribution in [1.82, 2.24) is 0 Å². The van der Waals surface area contributed by atoms with E-state index in [9.17, 15) is 0 Å². The molecule has 2 atom stereocenters. The van der Waals surface area contributed by atoms with Crippen molar-refractivity contribution in [3.8, 4) is 5.75 Å². The van der Waals surface area contributed by atoms with Crippen LogP contribution < -0.4 is 4.74 Å². The Bertz CT molecular complexity index is 483. The first-order valence-electron chi connectivity index (χ1n) is 7.37. The summed E-state index contributed by atoms with van der Waals surface area (Å²) in [5.74, 6) is 0.881. The van der Waals surface area contributed by atoms with Crippen LogP contribution in [0.15, 0.2) is 22.7 Å². The first-order valence-corrected chi connectivity index (χ1v) is 8.98. The van der Waals surface area contributed by atoms with Crippen LogP contribution in [0.1, 0.15) is 44.9 Å². The molecule has 0 bridgehead atoms. The second-order valence-corrected chi connectivity index (χ2v) is 7.85. The van der Waals surface area contributed by atoms with Crippen molar-refractivity contribution in [1.29, 1.82) is 0 Å². The zero-order valence-electron chi connectivity index (χ0n) is 11.4. The molecule has 2 aliphatic carbocycles. The van der Waals surface area contributed by atoms with Gasteiger partial charge in [-0.1, -0.05) is 37.3 Å². The monoisotopic (exact) mass is 376 g/mol. The van der Waals surface area contributed by atoms with Gasteiger partial charge in [-0.25, -0.2) is 0 Å². The highest BCUT2D eigenvalue weighted by atomic mass is 79.9. The molecule has 0 radical (unpaired) electrons. The largest absolute Gasteiger partial charge is 0.489 e. The number of benzene rings is 1. The van der Waals surface area contributed by atoms with Crippen LogP contribution in [-0.4, -0.2) is 11.5 Å². The van der Waals surface area contributed by atoms with Crippen LogP contribution >= 0.6 is 39.1 Å². The third kappa shape index (κ3) is 2.71. The normalized spacial score (nSPS) is 28.8. The van der Waals surface area contributed by atoms with E-state index in [1.54, 1.807) is 0 Å². The second-order valence-electron chi connectivity index (χ2n) is 6.03. The van der Waals surface area contributed by atoms with Crippen molar-refractivity contribution in [3.05, 3.63) is 27.7 Å². The highest BCUT2D eigenvalue weighted by molar-refractivity contribution is 9.10. The van der Waals surface area contributed by atoms with Crippen molar-refractivity contribution in [2.45, 2.75) is 56.4 Å². The number of halogens is 3. The highest BCUT2D eigenvalue weighted by Gasteiger charge is 2.55. The quantitative estimate of drug-likeness (QED) is 0.557. The predicted octanol–water partition coefficient (Wildman–Crippen LogP) is 6.20. The first kappa shape index (κ1) is 15.0. The van der Waals surface area contributed by atoms with Crippen LogP contribution in [0.4, 0.5) is 0 Å². The van der Waals surface area contributed by atoms with E-state index < -0.39 is 0 Å². The van der Waals surface area contributed by atoms with Gasteiger partial charge in [0.1, 0.15) is 11.9 Å². The summed E-state index contributed by atoms with van der Waals surface area (Å²) in [5.41, 5.74) is 0.192. The lowest BCUT2D eigenvalue weighted by molar-refractivity contribution is -0.0516. The number of ether oxygens (including phenoxy) is 1. The maximum atomic E-state index is 6.57. The molecule has 0 heterocycles. The Kier molecular flexibility index (Phi) is 4.54. The van der Waals surface area contributed by atoms with E-state index in [-0.39, 0.29) is 16.9 Å². The molecule has 1 aromatic rings. The maximum absolute atomic E-state index is 6.57. The van der Waals surface area contributed by atoms with Crippen molar-refractivity contribution in [2.75, 3.05) is 0 Å². The molecule has 0 N–H and O–H groups in total. The fraction of sp³-hybridized carbons (Fsp3) is 0.625. The number of hydrogen-bond donors (Lipinski definition) is 0. The van der Waals surface area contributed by atoms with Gasteiger partial charge in [0.2, 0.25) is 0 Å². The third-order valence-electron chi connectivity index (χ3n) is 4.88. The molecule has 20 heavy (non-hydrogen) atoms. The molecule has 1 aromatic carbocycles. The lowest BCUT2D eigenvalue weighted by atomic mass is 9.61. The van der Waals surface area contributed by atoms with Crippen LogP contribution in [0.3, 0.4) is 0 Å². The minimum absolute atomic E-state index is 0.192.